The van der Waals surface area contributed by atoms with Crippen LogP contribution in [0.3, 0.4) is 0 Å². The summed E-state index contributed by atoms with van der Waals surface area (Å²) in [6, 6.07) is 4.19. The molecule has 0 radical (unpaired) electrons. The smallest absolute Gasteiger partial charge is 0.122 e. The van der Waals surface area contributed by atoms with Crippen LogP contribution < -0.4 is 10.5 Å². The quantitative estimate of drug-likeness (QED) is 0.830. The zero-order valence-corrected chi connectivity index (χ0v) is 10.5. The Morgan fingerprint density at radius 1 is 1.12 bits per heavy atom. The highest BCUT2D eigenvalue weighted by atomic mass is 16.5. The van der Waals surface area contributed by atoms with Crippen LogP contribution in [0.4, 0.5) is 0 Å². The molecule has 0 fully saturated rings. The molecule has 0 heterocycles. The number of hydrogen-bond acceptors (Lipinski definition) is 2. The van der Waals surface area contributed by atoms with Gasteiger partial charge >= 0.3 is 0 Å². The van der Waals surface area contributed by atoms with E-state index in [1.54, 1.807) is 7.11 Å². The SMILES string of the molecule is COc1ccc(C(C)(C)N)c2c1CCCC2. The molecule has 1 aliphatic carbocycles. The zero-order chi connectivity index (χ0) is 11.8. The van der Waals surface area contributed by atoms with E-state index < -0.39 is 0 Å². The zero-order valence-electron chi connectivity index (χ0n) is 10.5. The first-order valence-corrected chi connectivity index (χ1v) is 6.02. The Hall–Kier alpha value is -1.02. The van der Waals surface area contributed by atoms with E-state index in [1.165, 1.54) is 29.5 Å². The molecule has 0 atom stereocenters. The maximum absolute atomic E-state index is 6.23. The number of methoxy groups -OCH3 is 1. The lowest BCUT2D eigenvalue weighted by Gasteiger charge is -2.28. The normalized spacial score (nSPS) is 15.8. The molecular formula is C14H21NO. The monoisotopic (exact) mass is 219 g/mol. The molecule has 2 rings (SSSR count). The maximum Gasteiger partial charge on any atom is 0.122 e. The molecule has 2 N–H and O–H groups in total. The van der Waals surface area contributed by atoms with Gasteiger partial charge < -0.3 is 10.5 Å². The summed E-state index contributed by atoms with van der Waals surface area (Å²) in [5, 5.41) is 0. The van der Waals surface area contributed by atoms with Gasteiger partial charge in [0.05, 0.1) is 7.11 Å². The van der Waals surface area contributed by atoms with E-state index in [0.29, 0.717) is 0 Å². The van der Waals surface area contributed by atoms with Crippen LogP contribution in [0.1, 0.15) is 43.4 Å². The second-order valence-corrected chi connectivity index (χ2v) is 5.20. The molecule has 2 nitrogen and oxygen atoms in total. The van der Waals surface area contributed by atoms with Crippen LogP contribution in [-0.2, 0) is 18.4 Å². The van der Waals surface area contributed by atoms with Gasteiger partial charge in [0.25, 0.3) is 0 Å². The van der Waals surface area contributed by atoms with E-state index in [0.717, 1.165) is 18.6 Å². The largest absolute Gasteiger partial charge is 0.496 e. The van der Waals surface area contributed by atoms with Crippen LogP contribution in [0.2, 0.25) is 0 Å². The molecule has 88 valence electrons. The predicted octanol–water partition coefficient (Wildman–Crippen LogP) is 2.77. The Morgan fingerprint density at radius 3 is 2.31 bits per heavy atom. The lowest BCUT2D eigenvalue weighted by atomic mass is 9.81. The highest BCUT2D eigenvalue weighted by Gasteiger charge is 2.24. The summed E-state index contributed by atoms with van der Waals surface area (Å²) in [7, 11) is 1.75. The summed E-state index contributed by atoms with van der Waals surface area (Å²) in [6.07, 6.45) is 4.80. The molecular weight excluding hydrogens is 198 g/mol. The van der Waals surface area contributed by atoms with Crippen LogP contribution >= 0.6 is 0 Å². The molecule has 0 bridgehead atoms. The van der Waals surface area contributed by atoms with Crippen molar-refractivity contribution in [3.05, 3.63) is 28.8 Å². The highest BCUT2D eigenvalue weighted by molar-refractivity contribution is 5.48. The van der Waals surface area contributed by atoms with Crippen LogP contribution in [-0.4, -0.2) is 7.11 Å². The number of fused-ring (bicyclic) bond motifs is 1. The molecule has 1 aromatic carbocycles. The van der Waals surface area contributed by atoms with Crippen LogP contribution in [0.5, 0.6) is 5.75 Å². The van der Waals surface area contributed by atoms with Gasteiger partial charge in [-0.25, -0.2) is 0 Å². The second-order valence-electron chi connectivity index (χ2n) is 5.20. The average molecular weight is 219 g/mol. The van der Waals surface area contributed by atoms with Crippen LogP contribution in [0, 0.1) is 0 Å². The van der Waals surface area contributed by atoms with Crippen LogP contribution in [0.15, 0.2) is 12.1 Å². The first kappa shape index (κ1) is 11.5. The molecule has 0 aliphatic heterocycles. The fourth-order valence-corrected chi connectivity index (χ4v) is 2.63. The average Bonchev–Trinajstić information content (AvgIpc) is 2.26. The van der Waals surface area contributed by atoms with Crippen molar-refractivity contribution in [1.29, 1.82) is 0 Å². The van der Waals surface area contributed by atoms with Gasteiger partial charge in [0, 0.05) is 5.54 Å². The van der Waals surface area contributed by atoms with E-state index in [1.807, 2.05) is 0 Å². The molecule has 0 aromatic heterocycles. The van der Waals surface area contributed by atoms with E-state index >= 15 is 0 Å². The van der Waals surface area contributed by atoms with Crippen LogP contribution in [0.25, 0.3) is 0 Å². The minimum Gasteiger partial charge on any atom is -0.496 e. The second kappa shape index (κ2) is 4.10. The summed E-state index contributed by atoms with van der Waals surface area (Å²) in [6.45, 7) is 4.15. The first-order chi connectivity index (χ1) is 7.54. The van der Waals surface area contributed by atoms with Gasteiger partial charge in [0.2, 0.25) is 0 Å². The summed E-state index contributed by atoms with van der Waals surface area (Å²) < 4.78 is 5.44. The highest BCUT2D eigenvalue weighted by Crippen LogP contribution is 2.35. The molecule has 0 spiro atoms. The Bertz CT molecular complexity index is 390. The predicted molar refractivity (Wildman–Crippen MR) is 66.8 cm³/mol. The van der Waals surface area contributed by atoms with Crippen molar-refractivity contribution in [2.75, 3.05) is 7.11 Å². The van der Waals surface area contributed by atoms with Gasteiger partial charge in [0.15, 0.2) is 0 Å². The van der Waals surface area contributed by atoms with E-state index in [4.69, 9.17) is 10.5 Å². The fraction of sp³-hybridized carbons (Fsp3) is 0.571. The minimum atomic E-state index is -0.256. The van der Waals surface area contributed by atoms with Crippen molar-refractivity contribution in [1.82, 2.24) is 0 Å². The third-order valence-electron chi connectivity index (χ3n) is 3.41. The van der Waals surface area contributed by atoms with Gasteiger partial charge in [-0.15, -0.1) is 0 Å². The molecule has 2 heteroatoms. The number of hydrogen-bond donors (Lipinski definition) is 1. The Labute approximate surface area is 97.8 Å². The van der Waals surface area contributed by atoms with Gasteiger partial charge in [-0.05, 0) is 62.3 Å². The van der Waals surface area contributed by atoms with Crippen molar-refractivity contribution in [3.8, 4) is 5.75 Å². The molecule has 1 aromatic rings. The maximum atomic E-state index is 6.23. The summed E-state index contributed by atoms with van der Waals surface area (Å²) in [4.78, 5) is 0. The molecule has 0 saturated heterocycles. The Kier molecular flexibility index (Phi) is 2.94. The molecule has 0 saturated carbocycles. The van der Waals surface area contributed by atoms with Crippen molar-refractivity contribution < 1.29 is 4.74 Å². The van der Waals surface area contributed by atoms with Gasteiger partial charge in [-0.1, -0.05) is 6.07 Å². The molecule has 0 amide bonds. The summed E-state index contributed by atoms with van der Waals surface area (Å²) in [5.74, 6) is 1.03. The lowest BCUT2D eigenvalue weighted by molar-refractivity contribution is 0.404. The third-order valence-corrected chi connectivity index (χ3v) is 3.41. The molecule has 16 heavy (non-hydrogen) atoms. The number of rotatable bonds is 2. The minimum absolute atomic E-state index is 0.256. The number of ether oxygens (including phenoxy) is 1. The summed E-state index contributed by atoms with van der Waals surface area (Å²) >= 11 is 0. The van der Waals surface area contributed by atoms with Crippen molar-refractivity contribution in [2.45, 2.75) is 45.1 Å². The van der Waals surface area contributed by atoms with Crippen molar-refractivity contribution >= 4 is 0 Å². The first-order valence-electron chi connectivity index (χ1n) is 6.02. The van der Waals surface area contributed by atoms with Gasteiger partial charge in [0.1, 0.15) is 5.75 Å². The third kappa shape index (κ3) is 1.94. The van der Waals surface area contributed by atoms with Crippen molar-refractivity contribution in [2.24, 2.45) is 5.73 Å². The Morgan fingerprint density at radius 2 is 1.75 bits per heavy atom. The lowest BCUT2D eigenvalue weighted by Crippen LogP contribution is -2.31. The Balaban J connectivity index is 2.57. The van der Waals surface area contributed by atoms with Crippen molar-refractivity contribution in [3.63, 3.8) is 0 Å². The van der Waals surface area contributed by atoms with E-state index in [-0.39, 0.29) is 5.54 Å². The topological polar surface area (TPSA) is 35.2 Å². The molecule has 0 unspecified atom stereocenters. The molecule has 1 aliphatic rings. The van der Waals surface area contributed by atoms with E-state index in [9.17, 15) is 0 Å². The summed E-state index contributed by atoms with van der Waals surface area (Å²) in [5.41, 5.74) is 10.1. The fourth-order valence-electron chi connectivity index (χ4n) is 2.63. The van der Waals surface area contributed by atoms with Gasteiger partial charge in [-0.2, -0.15) is 0 Å². The number of benzene rings is 1. The number of nitrogens with two attached hydrogens (primary N) is 1. The van der Waals surface area contributed by atoms with E-state index in [2.05, 4.69) is 26.0 Å². The van der Waals surface area contributed by atoms with Gasteiger partial charge in [-0.3, -0.25) is 0 Å². The standard InChI is InChI=1S/C14H21NO/c1-14(2,15)12-8-9-13(16-3)11-7-5-4-6-10(11)12/h8-9H,4-7,15H2,1-3H3.